The first-order chi connectivity index (χ1) is 21.9. The van der Waals surface area contributed by atoms with Crippen molar-refractivity contribution in [3.05, 3.63) is 170 Å². The van der Waals surface area contributed by atoms with Crippen LogP contribution in [-0.4, -0.2) is 9.13 Å². The van der Waals surface area contributed by atoms with Crippen molar-refractivity contribution >= 4 is 43.6 Å². The lowest BCUT2D eigenvalue weighted by Gasteiger charge is -2.12. The van der Waals surface area contributed by atoms with Crippen LogP contribution in [0.3, 0.4) is 0 Å². The van der Waals surface area contributed by atoms with Gasteiger partial charge in [0, 0.05) is 38.5 Å². The van der Waals surface area contributed by atoms with Gasteiger partial charge in [-0.05, 0) is 53.1 Å². The molecular formula is C42H28N2. The molecular weight excluding hydrogens is 532 g/mol. The summed E-state index contributed by atoms with van der Waals surface area (Å²) in [6.07, 6.45) is 0. The maximum Gasteiger partial charge on any atom is 0.0641 e. The summed E-state index contributed by atoms with van der Waals surface area (Å²) in [6, 6.07) is 61.3. The van der Waals surface area contributed by atoms with Crippen LogP contribution in [0.4, 0.5) is 0 Å². The van der Waals surface area contributed by atoms with Gasteiger partial charge in [-0.15, -0.1) is 0 Å². The number of para-hydroxylation sites is 3. The molecule has 0 radical (unpaired) electrons. The maximum atomic E-state index is 2.49. The first kappa shape index (κ1) is 24.7. The standard InChI is InChI=1S/C42H28N2/c1-4-14-29(15-5-1)31-18-12-21-33(28-31)43-38-25-11-10-22-37(38)40-39(43)27-26-36-35-24-13-23-34(30-16-6-2-7-17-30)41(35)44(42(36)40)32-19-8-3-9-20-32/h1-28H. The van der Waals surface area contributed by atoms with Crippen LogP contribution in [0, 0.1) is 0 Å². The molecule has 0 bridgehead atoms. The zero-order chi connectivity index (χ0) is 29.0. The Morgan fingerprint density at radius 3 is 1.70 bits per heavy atom. The van der Waals surface area contributed by atoms with Gasteiger partial charge in [0.15, 0.2) is 0 Å². The largest absolute Gasteiger partial charge is 0.309 e. The second-order valence-corrected chi connectivity index (χ2v) is 11.4. The number of rotatable bonds is 4. The third kappa shape index (κ3) is 3.68. The van der Waals surface area contributed by atoms with Crippen LogP contribution in [0.15, 0.2) is 170 Å². The molecule has 9 rings (SSSR count). The maximum absolute atomic E-state index is 2.49. The number of hydrogen-bond donors (Lipinski definition) is 0. The Morgan fingerprint density at radius 1 is 0.318 bits per heavy atom. The van der Waals surface area contributed by atoms with Crippen LogP contribution >= 0.6 is 0 Å². The van der Waals surface area contributed by atoms with Crippen LogP contribution in [-0.2, 0) is 0 Å². The fourth-order valence-electron chi connectivity index (χ4n) is 7.02. The van der Waals surface area contributed by atoms with Crippen molar-refractivity contribution in [2.24, 2.45) is 0 Å². The molecule has 7 aromatic carbocycles. The van der Waals surface area contributed by atoms with E-state index in [0.717, 1.165) is 11.4 Å². The third-order valence-electron chi connectivity index (χ3n) is 8.90. The topological polar surface area (TPSA) is 9.86 Å². The predicted octanol–water partition coefficient (Wildman–Crippen LogP) is 11.2. The van der Waals surface area contributed by atoms with Gasteiger partial charge < -0.3 is 9.13 Å². The Labute approximate surface area is 255 Å². The minimum Gasteiger partial charge on any atom is -0.309 e. The molecule has 0 aliphatic rings. The Kier molecular flexibility index (Phi) is 5.54. The molecule has 0 fully saturated rings. The van der Waals surface area contributed by atoms with Gasteiger partial charge in [0.25, 0.3) is 0 Å². The molecule has 0 spiro atoms. The van der Waals surface area contributed by atoms with Gasteiger partial charge in [-0.3, -0.25) is 0 Å². The lowest BCUT2D eigenvalue weighted by Crippen LogP contribution is -1.96. The SMILES string of the molecule is c1ccc(-c2cccc(-n3c4ccccc4c4c3ccc3c5cccc(-c6ccccc6)c5n(-c5ccccc5)c34)c2)cc1. The van der Waals surface area contributed by atoms with E-state index in [0.29, 0.717) is 0 Å². The number of hydrogen-bond acceptors (Lipinski definition) is 0. The van der Waals surface area contributed by atoms with Crippen LogP contribution in [0.1, 0.15) is 0 Å². The molecule has 0 unspecified atom stereocenters. The highest BCUT2D eigenvalue weighted by atomic mass is 15.0. The Hall–Kier alpha value is -5.86. The van der Waals surface area contributed by atoms with Crippen LogP contribution in [0.2, 0.25) is 0 Å². The lowest BCUT2D eigenvalue weighted by molar-refractivity contribution is 1.17. The summed E-state index contributed by atoms with van der Waals surface area (Å²) in [4.78, 5) is 0. The number of fused-ring (bicyclic) bond motifs is 7. The molecule has 0 saturated heterocycles. The predicted molar refractivity (Wildman–Crippen MR) is 186 cm³/mol. The molecule has 0 aliphatic heterocycles. The summed E-state index contributed by atoms with van der Waals surface area (Å²) in [7, 11) is 0. The summed E-state index contributed by atoms with van der Waals surface area (Å²) in [5, 5.41) is 5.03. The van der Waals surface area contributed by atoms with E-state index in [9.17, 15) is 0 Å². The molecule has 2 heterocycles. The minimum absolute atomic E-state index is 1.16. The Balaban J connectivity index is 1.45. The van der Waals surface area contributed by atoms with E-state index < -0.39 is 0 Å². The highest BCUT2D eigenvalue weighted by Crippen LogP contribution is 2.44. The van der Waals surface area contributed by atoms with Crippen molar-refractivity contribution in [1.82, 2.24) is 9.13 Å². The van der Waals surface area contributed by atoms with Crippen LogP contribution in [0.5, 0.6) is 0 Å². The quantitative estimate of drug-likeness (QED) is 0.203. The Bertz CT molecular complexity index is 2470. The van der Waals surface area contributed by atoms with Gasteiger partial charge in [0.2, 0.25) is 0 Å². The Morgan fingerprint density at radius 2 is 0.909 bits per heavy atom. The summed E-state index contributed by atoms with van der Waals surface area (Å²) in [6.45, 7) is 0. The van der Waals surface area contributed by atoms with E-state index in [-0.39, 0.29) is 0 Å². The van der Waals surface area contributed by atoms with Crippen molar-refractivity contribution in [1.29, 1.82) is 0 Å². The third-order valence-corrected chi connectivity index (χ3v) is 8.90. The van der Waals surface area contributed by atoms with Gasteiger partial charge in [-0.1, -0.05) is 133 Å². The summed E-state index contributed by atoms with van der Waals surface area (Å²) in [5.74, 6) is 0. The molecule has 0 N–H and O–H groups in total. The zero-order valence-corrected chi connectivity index (χ0v) is 24.1. The number of aromatic nitrogens is 2. The van der Waals surface area contributed by atoms with Crippen molar-refractivity contribution in [2.75, 3.05) is 0 Å². The van der Waals surface area contributed by atoms with E-state index in [4.69, 9.17) is 0 Å². The molecule has 2 nitrogen and oxygen atoms in total. The second kappa shape index (κ2) is 9.86. The summed E-state index contributed by atoms with van der Waals surface area (Å²) in [5.41, 5.74) is 12.1. The van der Waals surface area contributed by atoms with Crippen LogP contribution in [0.25, 0.3) is 77.2 Å². The van der Waals surface area contributed by atoms with E-state index in [1.807, 2.05) is 0 Å². The van der Waals surface area contributed by atoms with Gasteiger partial charge in [-0.25, -0.2) is 0 Å². The lowest BCUT2D eigenvalue weighted by atomic mass is 10.0. The van der Waals surface area contributed by atoms with E-state index in [1.54, 1.807) is 0 Å². The molecule has 0 aliphatic carbocycles. The molecule has 0 atom stereocenters. The molecule has 2 aromatic heterocycles. The fourth-order valence-corrected chi connectivity index (χ4v) is 7.02. The number of nitrogens with zero attached hydrogens (tertiary/aromatic N) is 2. The van der Waals surface area contributed by atoms with Crippen LogP contribution < -0.4 is 0 Å². The first-order valence-corrected chi connectivity index (χ1v) is 15.1. The van der Waals surface area contributed by atoms with Crippen molar-refractivity contribution in [2.45, 2.75) is 0 Å². The first-order valence-electron chi connectivity index (χ1n) is 15.1. The average molecular weight is 561 g/mol. The highest BCUT2D eigenvalue weighted by molar-refractivity contribution is 6.27. The van der Waals surface area contributed by atoms with Crippen molar-refractivity contribution < 1.29 is 0 Å². The molecule has 206 valence electrons. The number of benzene rings is 7. The highest BCUT2D eigenvalue weighted by Gasteiger charge is 2.22. The summed E-state index contributed by atoms with van der Waals surface area (Å²) >= 11 is 0. The van der Waals surface area contributed by atoms with Gasteiger partial charge in [0.05, 0.1) is 22.1 Å². The summed E-state index contributed by atoms with van der Waals surface area (Å²) < 4.78 is 4.92. The normalized spacial score (nSPS) is 11.6. The monoisotopic (exact) mass is 560 g/mol. The smallest absolute Gasteiger partial charge is 0.0641 e. The minimum atomic E-state index is 1.16. The van der Waals surface area contributed by atoms with Gasteiger partial charge >= 0.3 is 0 Å². The van der Waals surface area contributed by atoms with Crippen molar-refractivity contribution in [3.8, 4) is 33.6 Å². The van der Waals surface area contributed by atoms with E-state index in [2.05, 4.69) is 179 Å². The second-order valence-electron chi connectivity index (χ2n) is 11.4. The molecule has 0 amide bonds. The average Bonchev–Trinajstić information content (AvgIpc) is 3.62. The molecule has 9 aromatic rings. The molecule has 44 heavy (non-hydrogen) atoms. The zero-order valence-electron chi connectivity index (χ0n) is 24.1. The van der Waals surface area contributed by atoms with Gasteiger partial charge in [0.1, 0.15) is 0 Å². The van der Waals surface area contributed by atoms with E-state index >= 15 is 0 Å². The molecule has 0 saturated carbocycles. The molecule has 2 heteroatoms. The van der Waals surface area contributed by atoms with Crippen molar-refractivity contribution in [3.63, 3.8) is 0 Å². The van der Waals surface area contributed by atoms with Gasteiger partial charge in [-0.2, -0.15) is 0 Å². The fraction of sp³-hybridized carbons (Fsp3) is 0. The van der Waals surface area contributed by atoms with E-state index in [1.165, 1.54) is 65.9 Å².